The number of rotatable bonds is 8. The summed E-state index contributed by atoms with van der Waals surface area (Å²) in [6.45, 7) is 0.830. The van der Waals surface area contributed by atoms with Crippen LogP contribution in [0, 0.1) is 0 Å². The minimum atomic E-state index is -0.294. The molecule has 0 fully saturated rings. The van der Waals surface area contributed by atoms with E-state index in [-0.39, 0.29) is 17.5 Å². The normalized spacial score (nSPS) is 10.0. The average Bonchev–Trinajstić information content (AvgIpc) is 2.67. The summed E-state index contributed by atoms with van der Waals surface area (Å²) in [6.07, 6.45) is 4.93. The Morgan fingerprint density at radius 2 is 1.60 bits per heavy atom. The molecule has 0 bridgehead atoms. The maximum Gasteiger partial charge on any atom is 0.271 e. The van der Waals surface area contributed by atoms with Gasteiger partial charge in [0.1, 0.15) is 17.2 Å². The maximum atomic E-state index is 12.2. The van der Waals surface area contributed by atoms with Crippen molar-refractivity contribution in [3.63, 3.8) is 0 Å². The second-order valence-corrected chi connectivity index (χ2v) is 5.06. The van der Waals surface area contributed by atoms with Gasteiger partial charge in [0.25, 0.3) is 11.8 Å². The molecule has 2 N–H and O–H groups in total. The van der Waals surface area contributed by atoms with Crippen molar-refractivity contribution < 1.29 is 19.1 Å². The van der Waals surface area contributed by atoms with E-state index in [1.54, 1.807) is 18.2 Å². The van der Waals surface area contributed by atoms with E-state index >= 15 is 0 Å². The summed E-state index contributed by atoms with van der Waals surface area (Å²) in [4.78, 5) is 31.7. The van der Waals surface area contributed by atoms with Gasteiger partial charge in [-0.05, 0) is 18.6 Å². The molecule has 0 saturated heterocycles. The molecule has 0 aliphatic heterocycles. The number of benzene rings is 1. The fraction of sp³-hybridized carbons (Fsp3) is 0.294. The SMILES string of the molecule is COc1cc(OC)cc(C(=O)NCCCNC(=O)c2cnccn2)c1. The van der Waals surface area contributed by atoms with Crippen LogP contribution in [-0.2, 0) is 0 Å². The summed E-state index contributed by atoms with van der Waals surface area (Å²) in [7, 11) is 3.05. The van der Waals surface area contributed by atoms with E-state index in [0.29, 0.717) is 36.6 Å². The van der Waals surface area contributed by atoms with E-state index in [1.165, 1.54) is 32.8 Å². The maximum absolute atomic E-state index is 12.2. The first-order valence-electron chi connectivity index (χ1n) is 7.69. The summed E-state index contributed by atoms with van der Waals surface area (Å²) in [6, 6.07) is 4.96. The molecule has 0 spiro atoms. The van der Waals surface area contributed by atoms with Crippen molar-refractivity contribution in [1.82, 2.24) is 20.6 Å². The fourth-order valence-electron chi connectivity index (χ4n) is 2.04. The van der Waals surface area contributed by atoms with Gasteiger partial charge < -0.3 is 20.1 Å². The number of aromatic nitrogens is 2. The van der Waals surface area contributed by atoms with Crippen LogP contribution < -0.4 is 20.1 Å². The van der Waals surface area contributed by atoms with Gasteiger partial charge in [-0.2, -0.15) is 0 Å². The monoisotopic (exact) mass is 344 g/mol. The zero-order chi connectivity index (χ0) is 18.1. The number of carbonyl (C=O) groups excluding carboxylic acids is 2. The summed E-state index contributed by atoms with van der Waals surface area (Å²) in [5.74, 6) is 0.552. The third kappa shape index (κ3) is 5.45. The van der Waals surface area contributed by atoms with E-state index < -0.39 is 0 Å². The molecule has 0 radical (unpaired) electrons. The molecule has 8 heteroatoms. The van der Waals surface area contributed by atoms with Crippen molar-refractivity contribution in [3.05, 3.63) is 48.0 Å². The van der Waals surface area contributed by atoms with Crippen LogP contribution in [0.2, 0.25) is 0 Å². The van der Waals surface area contributed by atoms with Gasteiger partial charge in [0.05, 0.1) is 20.4 Å². The molecule has 0 aliphatic carbocycles. The number of hydrogen-bond acceptors (Lipinski definition) is 6. The molecular formula is C17H20N4O4. The first-order chi connectivity index (χ1) is 12.1. The fourth-order valence-corrected chi connectivity index (χ4v) is 2.04. The number of hydrogen-bond donors (Lipinski definition) is 2. The topological polar surface area (TPSA) is 102 Å². The van der Waals surface area contributed by atoms with Crippen LogP contribution in [0.15, 0.2) is 36.8 Å². The summed E-state index contributed by atoms with van der Waals surface area (Å²) < 4.78 is 10.3. The Morgan fingerprint density at radius 3 is 2.16 bits per heavy atom. The van der Waals surface area contributed by atoms with Crippen LogP contribution in [-0.4, -0.2) is 49.1 Å². The van der Waals surface area contributed by atoms with E-state index in [9.17, 15) is 9.59 Å². The quantitative estimate of drug-likeness (QED) is 0.694. The van der Waals surface area contributed by atoms with E-state index in [1.807, 2.05) is 0 Å². The Balaban J connectivity index is 1.76. The summed E-state index contributed by atoms with van der Waals surface area (Å²) in [5.41, 5.74) is 0.704. The van der Waals surface area contributed by atoms with Gasteiger partial charge in [0.2, 0.25) is 0 Å². The van der Waals surface area contributed by atoms with Crippen LogP contribution in [0.5, 0.6) is 11.5 Å². The Bertz CT molecular complexity index is 700. The van der Waals surface area contributed by atoms with Crippen LogP contribution in [0.25, 0.3) is 0 Å². The highest BCUT2D eigenvalue weighted by molar-refractivity contribution is 5.95. The van der Waals surface area contributed by atoms with Gasteiger partial charge in [-0.15, -0.1) is 0 Å². The molecule has 0 aliphatic rings. The molecule has 25 heavy (non-hydrogen) atoms. The molecular weight excluding hydrogens is 324 g/mol. The average molecular weight is 344 g/mol. The van der Waals surface area contributed by atoms with Crippen molar-refractivity contribution in [1.29, 1.82) is 0 Å². The van der Waals surface area contributed by atoms with Gasteiger partial charge in [0, 0.05) is 37.1 Å². The van der Waals surface area contributed by atoms with Crippen molar-refractivity contribution in [3.8, 4) is 11.5 Å². The molecule has 0 atom stereocenters. The molecule has 2 aromatic rings. The zero-order valence-corrected chi connectivity index (χ0v) is 14.1. The smallest absolute Gasteiger partial charge is 0.271 e. The van der Waals surface area contributed by atoms with E-state index in [2.05, 4.69) is 20.6 Å². The van der Waals surface area contributed by atoms with Gasteiger partial charge in [-0.3, -0.25) is 14.6 Å². The second-order valence-electron chi connectivity index (χ2n) is 5.06. The van der Waals surface area contributed by atoms with Gasteiger partial charge in [-0.1, -0.05) is 0 Å². The van der Waals surface area contributed by atoms with Crippen LogP contribution in [0.3, 0.4) is 0 Å². The lowest BCUT2D eigenvalue weighted by Crippen LogP contribution is -2.30. The van der Waals surface area contributed by atoms with E-state index in [0.717, 1.165) is 0 Å². The highest BCUT2D eigenvalue weighted by Crippen LogP contribution is 2.22. The third-order valence-corrected chi connectivity index (χ3v) is 3.33. The molecule has 1 heterocycles. The molecule has 2 amide bonds. The number of methoxy groups -OCH3 is 2. The number of amides is 2. The number of nitrogens with one attached hydrogen (secondary N) is 2. The first-order valence-corrected chi connectivity index (χ1v) is 7.69. The molecule has 2 rings (SSSR count). The molecule has 1 aromatic heterocycles. The minimum absolute atomic E-state index is 0.238. The standard InChI is InChI=1S/C17H20N4O4/c1-24-13-8-12(9-14(10-13)25-2)16(22)20-4-3-5-21-17(23)15-11-18-6-7-19-15/h6-11H,3-5H2,1-2H3,(H,20,22)(H,21,23). The molecule has 0 saturated carbocycles. The minimum Gasteiger partial charge on any atom is -0.497 e. The van der Waals surface area contributed by atoms with Gasteiger partial charge >= 0.3 is 0 Å². The molecule has 0 unspecified atom stereocenters. The van der Waals surface area contributed by atoms with Crippen molar-refractivity contribution >= 4 is 11.8 Å². The lowest BCUT2D eigenvalue weighted by atomic mass is 10.2. The Kier molecular flexibility index (Phi) is 6.70. The molecule has 8 nitrogen and oxygen atoms in total. The number of carbonyl (C=O) groups is 2. The predicted octanol–water partition coefficient (Wildman–Crippen LogP) is 1.04. The third-order valence-electron chi connectivity index (χ3n) is 3.33. The van der Waals surface area contributed by atoms with Crippen LogP contribution in [0.1, 0.15) is 27.3 Å². The van der Waals surface area contributed by atoms with Crippen LogP contribution in [0.4, 0.5) is 0 Å². The first kappa shape index (κ1) is 18.2. The van der Waals surface area contributed by atoms with Crippen molar-refractivity contribution in [2.75, 3.05) is 27.3 Å². The Hall–Kier alpha value is -3.16. The largest absolute Gasteiger partial charge is 0.497 e. The van der Waals surface area contributed by atoms with E-state index in [4.69, 9.17) is 9.47 Å². The summed E-state index contributed by atoms with van der Waals surface area (Å²) in [5, 5.41) is 5.50. The van der Waals surface area contributed by atoms with Gasteiger partial charge in [-0.25, -0.2) is 4.98 Å². The highest BCUT2D eigenvalue weighted by Gasteiger charge is 2.10. The lowest BCUT2D eigenvalue weighted by molar-refractivity contribution is 0.0947. The lowest BCUT2D eigenvalue weighted by Gasteiger charge is -2.09. The zero-order valence-electron chi connectivity index (χ0n) is 14.1. The summed E-state index contributed by atoms with van der Waals surface area (Å²) >= 11 is 0. The van der Waals surface area contributed by atoms with Crippen LogP contribution >= 0.6 is 0 Å². The second kappa shape index (κ2) is 9.21. The Labute approximate surface area is 145 Å². The van der Waals surface area contributed by atoms with Crippen molar-refractivity contribution in [2.24, 2.45) is 0 Å². The highest BCUT2D eigenvalue weighted by atomic mass is 16.5. The molecule has 1 aromatic carbocycles. The number of nitrogens with zero attached hydrogens (tertiary/aromatic N) is 2. The van der Waals surface area contributed by atoms with Gasteiger partial charge in [0.15, 0.2) is 0 Å². The predicted molar refractivity (Wildman–Crippen MR) is 90.9 cm³/mol. The molecule has 132 valence electrons. The Morgan fingerprint density at radius 1 is 0.960 bits per heavy atom. The number of ether oxygens (including phenoxy) is 2. The van der Waals surface area contributed by atoms with Crippen molar-refractivity contribution in [2.45, 2.75) is 6.42 Å².